The summed E-state index contributed by atoms with van der Waals surface area (Å²) in [5.74, 6) is 0. The highest BCUT2D eigenvalue weighted by Crippen LogP contribution is 2.03. The van der Waals surface area contributed by atoms with Crippen molar-refractivity contribution < 1.29 is 0 Å². The lowest BCUT2D eigenvalue weighted by Crippen LogP contribution is -2.55. The molecule has 0 aliphatic carbocycles. The first-order valence-electron chi connectivity index (χ1n) is 6.10. The Morgan fingerprint density at radius 2 is 1.40 bits per heavy atom. The van der Waals surface area contributed by atoms with E-state index in [0.717, 1.165) is 36.4 Å². The SMILES string of the molecule is CCN(CC)C(NC=C[SiH3])N(CC)CC. The van der Waals surface area contributed by atoms with Crippen LogP contribution in [0.5, 0.6) is 0 Å². The Hall–Kier alpha value is -0.323. The van der Waals surface area contributed by atoms with Crippen LogP contribution in [0.2, 0.25) is 0 Å². The van der Waals surface area contributed by atoms with Crippen molar-refractivity contribution in [2.24, 2.45) is 0 Å². The molecular formula is C11H27N3Si. The van der Waals surface area contributed by atoms with Gasteiger partial charge in [0.25, 0.3) is 0 Å². The van der Waals surface area contributed by atoms with E-state index in [2.05, 4.69) is 54.7 Å². The molecule has 0 saturated heterocycles. The second-order valence-corrected chi connectivity index (χ2v) is 4.15. The van der Waals surface area contributed by atoms with Gasteiger partial charge in [-0.15, -0.1) is 0 Å². The molecule has 0 bridgehead atoms. The van der Waals surface area contributed by atoms with Crippen molar-refractivity contribution >= 4 is 10.2 Å². The van der Waals surface area contributed by atoms with Gasteiger partial charge in [0.05, 0.1) is 0 Å². The van der Waals surface area contributed by atoms with Gasteiger partial charge in [-0.2, -0.15) is 0 Å². The molecule has 0 spiro atoms. The molecule has 0 fully saturated rings. The summed E-state index contributed by atoms with van der Waals surface area (Å²) in [4.78, 5) is 4.88. The fourth-order valence-corrected chi connectivity index (χ4v) is 1.96. The zero-order valence-electron chi connectivity index (χ0n) is 11.0. The normalized spacial score (nSPS) is 12.5. The number of nitrogens with one attached hydrogen (secondary N) is 1. The number of rotatable bonds is 8. The topological polar surface area (TPSA) is 18.5 Å². The minimum atomic E-state index is 0.347. The maximum Gasteiger partial charge on any atom is 0.137 e. The highest BCUT2D eigenvalue weighted by Gasteiger charge is 2.18. The number of hydrogen-bond acceptors (Lipinski definition) is 3. The summed E-state index contributed by atoms with van der Waals surface area (Å²) < 4.78 is 0. The van der Waals surface area contributed by atoms with E-state index in [9.17, 15) is 0 Å². The fraction of sp³-hybridized carbons (Fsp3) is 0.818. The highest BCUT2D eigenvalue weighted by atomic mass is 28.1. The molecule has 0 unspecified atom stereocenters. The lowest BCUT2D eigenvalue weighted by Gasteiger charge is -2.37. The van der Waals surface area contributed by atoms with Gasteiger partial charge >= 0.3 is 0 Å². The molecule has 1 N–H and O–H groups in total. The predicted octanol–water partition coefficient (Wildman–Crippen LogP) is 0.380. The highest BCUT2D eigenvalue weighted by molar-refractivity contribution is 6.16. The van der Waals surface area contributed by atoms with Crippen LogP contribution in [0.4, 0.5) is 0 Å². The third kappa shape index (κ3) is 4.82. The van der Waals surface area contributed by atoms with Gasteiger partial charge in [-0.05, 0) is 32.4 Å². The van der Waals surface area contributed by atoms with Crippen LogP contribution in [-0.4, -0.2) is 52.5 Å². The maximum absolute atomic E-state index is 3.48. The van der Waals surface area contributed by atoms with E-state index in [-0.39, 0.29) is 0 Å². The van der Waals surface area contributed by atoms with Crippen molar-refractivity contribution in [1.82, 2.24) is 15.1 Å². The van der Waals surface area contributed by atoms with Crippen LogP contribution in [0, 0.1) is 0 Å². The third-order valence-corrected chi connectivity index (χ3v) is 3.06. The van der Waals surface area contributed by atoms with E-state index in [4.69, 9.17) is 0 Å². The summed E-state index contributed by atoms with van der Waals surface area (Å²) in [5.41, 5.74) is 2.18. The summed E-state index contributed by atoms with van der Waals surface area (Å²) in [6.45, 7) is 13.2. The minimum absolute atomic E-state index is 0.347. The van der Waals surface area contributed by atoms with Gasteiger partial charge in [0, 0.05) is 10.2 Å². The van der Waals surface area contributed by atoms with Gasteiger partial charge in [-0.3, -0.25) is 9.80 Å². The molecule has 0 atom stereocenters. The van der Waals surface area contributed by atoms with Crippen molar-refractivity contribution in [2.75, 3.05) is 26.2 Å². The number of nitrogens with zero attached hydrogens (tertiary/aromatic N) is 2. The van der Waals surface area contributed by atoms with Crippen molar-refractivity contribution in [1.29, 1.82) is 0 Å². The summed E-state index contributed by atoms with van der Waals surface area (Å²) in [5, 5.41) is 3.48. The summed E-state index contributed by atoms with van der Waals surface area (Å²) in [6.07, 6.45) is 2.44. The van der Waals surface area contributed by atoms with Gasteiger partial charge in [0.15, 0.2) is 0 Å². The average Bonchev–Trinajstić information content (AvgIpc) is 2.28. The summed E-state index contributed by atoms with van der Waals surface area (Å²) >= 11 is 0. The molecule has 0 radical (unpaired) electrons. The zero-order valence-corrected chi connectivity index (χ0v) is 13.0. The van der Waals surface area contributed by atoms with Crippen molar-refractivity contribution in [3.05, 3.63) is 11.9 Å². The molecule has 0 rings (SSSR count). The molecular weight excluding hydrogens is 202 g/mol. The first-order valence-corrected chi connectivity index (χ1v) is 7.25. The Bertz CT molecular complexity index is 153. The third-order valence-electron chi connectivity index (χ3n) is 2.73. The molecule has 0 aromatic rings. The molecule has 15 heavy (non-hydrogen) atoms. The Morgan fingerprint density at radius 3 is 1.67 bits per heavy atom. The zero-order chi connectivity index (χ0) is 11.7. The van der Waals surface area contributed by atoms with Gasteiger partial charge in [0.2, 0.25) is 0 Å². The minimum Gasteiger partial charge on any atom is -0.364 e. The van der Waals surface area contributed by atoms with Gasteiger partial charge in [-0.25, -0.2) is 0 Å². The van der Waals surface area contributed by atoms with Crippen LogP contribution >= 0.6 is 0 Å². The average molecular weight is 229 g/mol. The van der Waals surface area contributed by atoms with E-state index in [0.29, 0.717) is 6.29 Å². The predicted molar refractivity (Wildman–Crippen MR) is 71.8 cm³/mol. The molecule has 0 aliphatic rings. The Kier molecular flexibility index (Phi) is 8.75. The number of hydrogen-bond donors (Lipinski definition) is 1. The molecule has 0 heterocycles. The smallest absolute Gasteiger partial charge is 0.137 e. The largest absolute Gasteiger partial charge is 0.364 e. The first-order chi connectivity index (χ1) is 7.24. The van der Waals surface area contributed by atoms with Crippen molar-refractivity contribution in [2.45, 2.75) is 34.0 Å². The molecule has 0 aliphatic heterocycles. The quantitative estimate of drug-likeness (QED) is 0.479. The molecule has 3 nitrogen and oxygen atoms in total. The van der Waals surface area contributed by atoms with E-state index < -0.39 is 0 Å². The van der Waals surface area contributed by atoms with Crippen LogP contribution in [0.25, 0.3) is 0 Å². The summed E-state index contributed by atoms with van der Waals surface area (Å²) in [6, 6.07) is 0. The van der Waals surface area contributed by atoms with Crippen LogP contribution in [0.3, 0.4) is 0 Å². The Morgan fingerprint density at radius 1 is 1.00 bits per heavy atom. The monoisotopic (exact) mass is 229 g/mol. The molecule has 0 saturated carbocycles. The Labute approximate surface area is 97.9 Å². The fourth-order valence-electron chi connectivity index (χ4n) is 1.76. The molecule has 90 valence electrons. The second kappa shape index (κ2) is 8.94. The van der Waals surface area contributed by atoms with Crippen molar-refractivity contribution in [3.63, 3.8) is 0 Å². The van der Waals surface area contributed by atoms with Crippen molar-refractivity contribution in [3.8, 4) is 0 Å². The van der Waals surface area contributed by atoms with Crippen LogP contribution < -0.4 is 5.32 Å². The van der Waals surface area contributed by atoms with E-state index in [1.54, 1.807) is 0 Å². The van der Waals surface area contributed by atoms with Gasteiger partial charge in [0.1, 0.15) is 6.29 Å². The molecule has 4 heteroatoms. The second-order valence-electron chi connectivity index (χ2n) is 3.48. The van der Waals surface area contributed by atoms with E-state index in [1.165, 1.54) is 0 Å². The maximum atomic E-state index is 3.48. The first kappa shape index (κ1) is 14.7. The molecule has 0 aromatic heterocycles. The van der Waals surface area contributed by atoms with Crippen LogP contribution in [0.1, 0.15) is 27.7 Å². The van der Waals surface area contributed by atoms with E-state index >= 15 is 0 Å². The summed E-state index contributed by atoms with van der Waals surface area (Å²) in [7, 11) is 1.11. The van der Waals surface area contributed by atoms with E-state index in [1.807, 2.05) is 0 Å². The van der Waals surface area contributed by atoms with Gasteiger partial charge < -0.3 is 5.32 Å². The lowest BCUT2D eigenvalue weighted by molar-refractivity contribution is 0.0411. The van der Waals surface area contributed by atoms with Crippen LogP contribution in [-0.2, 0) is 0 Å². The standard InChI is InChI=1S/C11H27N3Si/c1-5-13(6-2)11(12-9-10-15)14(7-3)8-4/h9-12H,5-8H2,1-4,15H3. The van der Waals surface area contributed by atoms with Gasteiger partial charge in [-0.1, -0.05) is 33.4 Å². The molecule has 0 aromatic carbocycles. The lowest BCUT2D eigenvalue weighted by atomic mass is 10.4. The Balaban J connectivity index is 4.51. The molecule has 0 amide bonds. The van der Waals surface area contributed by atoms with Crippen LogP contribution in [0.15, 0.2) is 11.9 Å².